The zero-order valence-corrected chi connectivity index (χ0v) is 26.2. The van der Waals surface area contributed by atoms with E-state index in [-0.39, 0.29) is 36.3 Å². The van der Waals surface area contributed by atoms with Crippen molar-refractivity contribution in [2.45, 2.75) is 67.2 Å². The average Bonchev–Trinajstić information content (AvgIpc) is 3.42. The highest BCUT2D eigenvalue weighted by atomic mass is 35.5. The fourth-order valence-corrected chi connectivity index (χ4v) is 10.2. The van der Waals surface area contributed by atoms with Crippen LogP contribution in [0.15, 0.2) is 65.6 Å². The number of nitrogens with zero attached hydrogens (tertiary/aromatic N) is 1. The average molecular weight is 661 g/mol. The molecule has 1 saturated carbocycles. The quantitative estimate of drug-likeness (QED) is 0.279. The lowest BCUT2D eigenvalue weighted by Crippen LogP contribution is -2.53. The van der Waals surface area contributed by atoms with Crippen LogP contribution in [0.2, 0.25) is 10.0 Å². The summed E-state index contributed by atoms with van der Waals surface area (Å²) in [4.78, 5) is 27.1. The number of carbonyl (C=O) groups excluding carboxylic acids is 1. The SMILES string of the molecule is O=C(O)C1CCC(C(=O)N2CC[C@@]3(S(=O)(=O)c4ccc(F)cc4)c4ccc(COc5c(Cl)cccc5Cl)cc4CC[C@@H]23)CC1. The van der Waals surface area contributed by atoms with Crippen LogP contribution in [0.1, 0.15) is 55.2 Å². The lowest BCUT2D eigenvalue weighted by atomic mass is 9.77. The van der Waals surface area contributed by atoms with Gasteiger partial charge in [-0.05, 0) is 98.0 Å². The first-order chi connectivity index (χ1) is 21.0. The van der Waals surface area contributed by atoms with Crippen molar-refractivity contribution in [2.75, 3.05) is 6.54 Å². The molecular formula is C33H32Cl2FNO6S. The van der Waals surface area contributed by atoms with Gasteiger partial charge in [0, 0.05) is 12.5 Å². The number of hydrogen-bond donors (Lipinski definition) is 1. The third-order valence-electron chi connectivity index (χ3n) is 9.57. The van der Waals surface area contributed by atoms with Crippen LogP contribution < -0.4 is 4.74 Å². The number of likely N-dealkylation sites (tertiary alicyclic amines) is 1. The molecule has 1 aliphatic heterocycles. The predicted molar refractivity (Wildman–Crippen MR) is 164 cm³/mol. The molecule has 3 aromatic carbocycles. The second kappa shape index (κ2) is 12.0. The number of aryl methyl sites for hydroxylation is 1. The van der Waals surface area contributed by atoms with Crippen LogP contribution in [0.4, 0.5) is 4.39 Å². The summed E-state index contributed by atoms with van der Waals surface area (Å²) < 4.78 is 47.6. The lowest BCUT2D eigenvalue weighted by molar-refractivity contribution is -0.146. The van der Waals surface area contributed by atoms with Gasteiger partial charge >= 0.3 is 5.97 Å². The van der Waals surface area contributed by atoms with E-state index in [0.29, 0.717) is 59.9 Å². The molecule has 7 nitrogen and oxygen atoms in total. The second-order valence-electron chi connectivity index (χ2n) is 11.9. The third-order valence-corrected chi connectivity index (χ3v) is 12.7. The number of carboxylic acid groups (broad SMARTS) is 1. The minimum atomic E-state index is -4.09. The number of rotatable bonds is 7. The molecule has 0 bridgehead atoms. The number of hydrogen-bond acceptors (Lipinski definition) is 5. The Morgan fingerprint density at radius 1 is 0.955 bits per heavy atom. The summed E-state index contributed by atoms with van der Waals surface area (Å²) in [5.41, 5.74) is 2.31. The Morgan fingerprint density at radius 2 is 1.61 bits per heavy atom. The van der Waals surface area contributed by atoms with Crippen LogP contribution in [0.3, 0.4) is 0 Å². The lowest BCUT2D eigenvalue weighted by Gasteiger charge is -2.43. The van der Waals surface area contributed by atoms with Crippen molar-refractivity contribution in [1.29, 1.82) is 0 Å². The van der Waals surface area contributed by atoms with E-state index >= 15 is 0 Å². The predicted octanol–water partition coefficient (Wildman–Crippen LogP) is 6.82. The standard InChI is InChI=1S/C33H32Cl2FNO6S/c34-27-2-1-3-28(35)30(27)43-19-20-4-14-26-23(18-20)9-15-29-33(26,44(41,42)25-12-10-24(36)11-13-25)16-17-37(29)31(38)21-5-7-22(8-6-21)32(39)40/h1-4,10-14,18,21-22,29H,5-9,15-17,19H2,(H,39,40)/t21?,22?,29-,33-/m1/s1. The molecule has 3 aliphatic rings. The summed E-state index contributed by atoms with van der Waals surface area (Å²) in [5, 5.41) is 10.2. The largest absolute Gasteiger partial charge is 0.486 e. The molecule has 1 heterocycles. The number of para-hydroxylation sites is 1. The van der Waals surface area contributed by atoms with Crippen LogP contribution in [0.25, 0.3) is 0 Å². The van der Waals surface area contributed by atoms with Crippen LogP contribution >= 0.6 is 23.2 Å². The number of amides is 1. The molecule has 1 saturated heterocycles. The van der Waals surface area contributed by atoms with Crippen molar-refractivity contribution in [1.82, 2.24) is 4.90 Å². The number of benzene rings is 3. The molecule has 2 aliphatic carbocycles. The van der Waals surface area contributed by atoms with Crippen molar-refractivity contribution in [2.24, 2.45) is 11.8 Å². The molecule has 232 valence electrons. The summed E-state index contributed by atoms with van der Waals surface area (Å²) in [5.74, 6) is -1.92. The van der Waals surface area contributed by atoms with E-state index < -0.39 is 38.3 Å². The van der Waals surface area contributed by atoms with E-state index in [9.17, 15) is 27.5 Å². The van der Waals surface area contributed by atoms with Gasteiger partial charge in [-0.25, -0.2) is 12.8 Å². The Morgan fingerprint density at radius 3 is 2.27 bits per heavy atom. The van der Waals surface area contributed by atoms with Gasteiger partial charge in [-0.15, -0.1) is 0 Å². The molecule has 0 spiro atoms. The molecule has 0 unspecified atom stereocenters. The van der Waals surface area contributed by atoms with Gasteiger partial charge in [0.05, 0.1) is 26.9 Å². The molecule has 1 N–H and O–H groups in total. The van der Waals surface area contributed by atoms with Crippen molar-refractivity contribution < 1.29 is 32.2 Å². The fourth-order valence-electron chi connectivity index (χ4n) is 7.36. The zero-order chi connectivity index (χ0) is 31.2. The summed E-state index contributed by atoms with van der Waals surface area (Å²) in [6.45, 7) is 0.430. The van der Waals surface area contributed by atoms with Gasteiger partial charge in [-0.2, -0.15) is 0 Å². The maximum Gasteiger partial charge on any atom is 0.306 e. The normalized spacial score (nSPS) is 24.8. The Balaban J connectivity index is 1.35. The topological polar surface area (TPSA) is 101 Å². The van der Waals surface area contributed by atoms with E-state index in [0.717, 1.165) is 23.3 Å². The first kappa shape index (κ1) is 30.9. The van der Waals surface area contributed by atoms with Gasteiger partial charge in [0.1, 0.15) is 17.2 Å². The first-order valence-corrected chi connectivity index (χ1v) is 17.0. The molecule has 0 aromatic heterocycles. The van der Waals surface area contributed by atoms with Gasteiger partial charge in [0.15, 0.2) is 15.6 Å². The zero-order valence-electron chi connectivity index (χ0n) is 23.8. The molecule has 0 radical (unpaired) electrons. The van der Waals surface area contributed by atoms with E-state index in [1.807, 2.05) is 18.2 Å². The monoisotopic (exact) mass is 659 g/mol. The number of ether oxygens (including phenoxy) is 1. The maximum absolute atomic E-state index is 14.6. The van der Waals surface area contributed by atoms with Crippen molar-refractivity contribution in [3.8, 4) is 5.75 Å². The molecule has 2 atom stereocenters. The summed E-state index contributed by atoms with van der Waals surface area (Å²) in [6.07, 6.45) is 2.97. The minimum Gasteiger partial charge on any atom is -0.486 e. The van der Waals surface area contributed by atoms with Gasteiger partial charge in [-0.3, -0.25) is 9.59 Å². The molecular weight excluding hydrogens is 628 g/mol. The summed E-state index contributed by atoms with van der Waals surface area (Å²) >= 11 is 12.5. The molecule has 6 rings (SSSR count). The fraction of sp³-hybridized carbons (Fsp3) is 0.394. The first-order valence-electron chi connectivity index (χ1n) is 14.8. The third kappa shape index (κ3) is 5.26. The Hall–Kier alpha value is -3.14. The van der Waals surface area contributed by atoms with Gasteiger partial charge in [0.25, 0.3) is 0 Å². The number of sulfone groups is 1. The maximum atomic E-state index is 14.6. The van der Waals surface area contributed by atoms with E-state index in [1.165, 1.54) is 12.1 Å². The molecule has 1 amide bonds. The van der Waals surface area contributed by atoms with E-state index in [4.69, 9.17) is 27.9 Å². The van der Waals surface area contributed by atoms with E-state index in [1.54, 1.807) is 23.1 Å². The molecule has 3 aromatic rings. The van der Waals surface area contributed by atoms with Crippen molar-refractivity contribution in [3.63, 3.8) is 0 Å². The van der Waals surface area contributed by atoms with Crippen molar-refractivity contribution >= 4 is 44.9 Å². The molecule has 11 heteroatoms. The summed E-state index contributed by atoms with van der Waals surface area (Å²) in [7, 11) is -4.09. The smallest absolute Gasteiger partial charge is 0.306 e. The van der Waals surface area contributed by atoms with Crippen LogP contribution in [0, 0.1) is 17.7 Å². The van der Waals surface area contributed by atoms with Crippen molar-refractivity contribution in [3.05, 3.63) is 93.2 Å². The number of fused-ring (bicyclic) bond motifs is 3. The van der Waals surface area contributed by atoms with Crippen LogP contribution in [-0.2, 0) is 37.2 Å². The van der Waals surface area contributed by atoms with Gasteiger partial charge in [0.2, 0.25) is 5.91 Å². The minimum absolute atomic E-state index is 0.00814. The Bertz CT molecular complexity index is 1690. The highest BCUT2D eigenvalue weighted by Gasteiger charge is 2.61. The number of aliphatic carboxylic acids is 1. The molecule has 44 heavy (non-hydrogen) atoms. The highest BCUT2D eigenvalue weighted by Crippen LogP contribution is 2.53. The Labute approximate surface area is 265 Å². The number of carboxylic acids is 1. The van der Waals surface area contributed by atoms with E-state index in [2.05, 4.69) is 0 Å². The Kier molecular flexibility index (Phi) is 8.41. The molecule has 2 fully saturated rings. The van der Waals surface area contributed by atoms with Gasteiger partial charge < -0.3 is 14.7 Å². The second-order valence-corrected chi connectivity index (χ2v) is 14.9. The highest BCUT2D eigenvalue weighted by molar-refractivity contribution is 7.92. The van der Waals surface area contributed by atoms with Crippen LogP contribution in [0.5, 0.6) is 5.75 Å². The summed E-state index contributed by atoms with van der Waals surface area (Å²) in [6, 6.07) is 14.9. The number of halogens is 3. The van der Waals surface area contributed by atoms with Gasteiger partial charge in [-0.1, -0.05) is 47.5 Å². The van der Waals surface area contributed by atoms with Crippen LogP contribution in [-0.4, -0.2) is 42.9 Å². The number of carbonyl (C=O) groups is 2.